The number of rotatable bonds is 4. The second kappa shape index (κ2) is 5.32. The molecule has 0 aromatic carbocycles. The van der Waals surface area contributed by atoms with Crippen LogP contribution >= 0.6 is 14.8 Å². The Bertz CT molecular complexity index is 240. The number of carbonyl (C=O) groups excluding carboxylic acids is 1. The molecule has 0 rings (SSSR count). The zero-order valence-corrected chi connectivity index (χ0v) is 14.5. The fraction of sp³-hybridized carbons (Fsp3) is 0.917. The van der Waals surface area contributed by atoms with Gasteiger partial charge in [-0.05, 0) is 0 Å². The van der Waals surface area contributed by atoms with E-state index in [1.807, 2.05) is 0 Å². The van der Waals surface area contributed by atoms with Crippen molar-refractivity contribution < 1.29 is 4.79 Å². The Morgan fingerprint density at radius 2 is 1.12 bits per heavy atom. The topological polar surface area (TPSA) is 20.3 Å². The van der Waals surface area contributed by atoms with Crippen molar-refractivity contribution >= 4 is 20.7 Å². The van der Waals surface area contributed by atoms with Gasteiger partial charge in [-0.3, -0.25) is 0 Å². The van der Waals surface area contributed by atoms with Crippen LogP contribution in [0.2, 0.25) is 0 Å². The van der Waals surface area contributed by atoms with Crippen LogP contribution in [0.15, 0.2) is 0 Å². The third kappa shape index (κ3) is 3.17. The van der Waals surface area contributed by atoms with Crippen LogP contribution in [-0.2, 0) is 4.79 Å². The van der Waals surface area contributed by atoms with Gasteiger partial charge in [-0.15, -0.1) is 0 Å². The van der Waals surface area contributed by atoms with Crippen LogP contribution < -0.4 is 0 Å². The van der Waals surface area contributed by atoms with Gasteiger partial charge in [0.05, 0.1) is 0 Å². The minimum absolute atomic E-state index is 0.288. The number of hydrogen-bond donors (Lipinski definition) is 0. The fourth-order valence-electron chi connectivity index (χ4n) is 2.07. The van der Waals surface area contributed by atoms with Crippen molar-refractivity contribution in [2.45, 2.75) is 45.9 Å². The van der Waals surface area contributed by atoms with Crippen LogP contribution in [0, 0.1) is 0 Å². The number of carbonyl (C=O) groups is 1. The van der Waals surface area contributed by atoms with Gasteiger partial charge >= 0.3 is 103 Å². The molecule has 0 aliphatic carbocycles. The van der Waals surface area contributed by atoms with E-state index in [2.05, 4.69) is 58.8 Å². The van der Waals surface area contributed by atoms with Crippen molar-refractivity contribution in [3.8, 4) is 0 Å². The molecule has 0 atom stereocenters. The summed E-state index contributed by atoms with van der Waals surface area (Å²) in [7, 11) is -3.25. The van der Waals surface area contributed by atoms with E-state index in [0.717, 1.165) is 0 Å². The summed E-state index contributed by atoms with van der Waals surface area (Å²) in [5.74, 6) is 0.288. The van der Waals surface area contributed by atoms with Crippen LogP contribution in [0.1, 0.15) is 34.6 Å². The Kier molecular flexibility index (Phi) is 5.43. The molecule has 4 heteroatoms. The average molecular weight is 267 g/mol. The van der Waals surface area contributed by atoms with Gasteiger partial charge < -0.3 is 0 Å². The van der Waals surface area contributed by atoms with Crippen LogP contribution in [0.25, 0.3) is 0 Å². The first-order chi connectivity index (χ1) is 6.95. The first-order valence-electron chi connectivity index (χ1n) is 6.26. The predicted molar refractivity (Wildman–Crippen MR) is 83.1 cm³/mol. The second-order valence-electron chi connectivity index (χ2n) is 6.47. The van der Waals surface area contributed by atoms with E-state index in [-0.39, 0.29) is 5.91 Å². The monoisotopic (exact) mass is 267 g/mol. The molecule has 0 fully saturated rings. The van der Waals surface area contributed by atoms with Gasteiger partial charge in [0.2, 0.25) is 0 Å². The Labute approximate surface area is 103 Å². The van der Waals surface area contributed by atoms with Gasteiger partial charge in [-0.1, -0.05) is 0 Å². The maximum atomic E-state index is 12.0. The van der Waals surface area contributed by atoms with Crippen LogP contribution in [0.5, 0.6) is 0 Å². The Morgan fingerprint density at radius 3 is 1.25 bits per heavy atom. The Hall–Kier alpha value is 0.330. The summed E-state index contributed by atoms with van der Waals surface area (Å²) in [6, 6.07) is 0. The third-order valence-electron chi connectivity index (χ3n) is 4.29. The van der Waals surface area contributed by atoms with E-state index in [0.29, 0.717) is 11.3 Å². The summed E-state index contributed by atoms with van der Waals surface area (Å²) in [5, 5.41) is 0. The molecular weight excluding hydrogens is 236 g/mol. The average Bonchev–Trinajstić information content (AvgIpc) is 2.00. The van der Waals surface area contributed by atoms with E-state index in [4.69, 9.17) is 0 Å². The molecule has 2 nitrogen and oxygen atoms in total. The summed E-state index contributed by atoms with van der Waals surface area (Å²) in [6.45, 7) is 20.1. The summed E-state index contributed by atoms with van der Waals surface area (Å²) in [5.41, 5.74) is 1.23. The molecule has 0 aliphatic heterocycles. The molecular formula is C12H31NOP2. The molecule has 0 saturated carbocycles. The van der Waals surface area contributed by atoms with Gasteiger partial charge in [0.15, 0.2) is 0 Å². The molecule has 0 radical (unpaired) electrons. The Morgan fingerprint density at radius 1 is 0.875 bits per heavy atom. The molecule has 0 heterocycles. The molecule has 16 heavy (non-hydrogen) atoms. The molecule has 0 bridgehead atoms. The molecule has 0 aromatic heterocycles. The van der Waals surface area contributed by atoms with Crippen molar-refractivity contribution in [3.63, 3.8) is 0 Å². The van der Waals surface area contributed by atoms with Crippen molar-refractivity contribution in [1.29, 1.82) is 0 Å². The molecule has 0 aliphatic rings. The molecule has 1 amide bonds. The SMILES string of the molecule is CC(=O)N([PH](C)(C)C(C)C)[PH](C)(C)C(C)C. The number of nitrogens with zero attached hydrogens (tertiary/aromatic N) is 1. The fourth-order valence-corrected chi connectivity index (χ4v) is 12.2. The van der Waals surface area contributed by atoms with E-state index in [1.165, 1.54) is 0 Å². The van der Waals surface area contributed by atoms with Crippen molar-refractivity contribution in [2.24, 2.45) is 0 Å². The third-order valence-corrected chi connectivity index (χ3v) is 16.3. The quantitative estimate of drug-likeness (QED) is 0.714. The summed E-state index contributed by atoms with van der Waals surface area (Å²) in [4.78, 5) is 12.0. The first-order valence-corrected chi connectivity index (χ1v) is 12.3. The van der Waals surface area contributed by atoms with Crippen LogP contribution in [-0.4, -0.2) is 48.3 Å². The van der Waals surface area contributed by atoms with Crippen LogP contribution in [0.3, 0.4) is 0 Å². The molecule has 0 N–H and O–H groups in total. The zero-order valence-electron chi connectivity index (χ0n) is 12.5. The molecule has 100 valence electrons. The van der Waals surface area contributed by atoms with Crippen molar-refractivity contribution in [3.05, 3.63) is 0 Å². The molecule has 0 aromatic rings. The Balaban J connectivity index is 5.42. The van der Waals surface area contributed by atoms with E-state index < -0.39 is 14.8 Å². The second-order valence-corrected chi connectivity index (χ2v) is 16.7. The molecule has 0 unspecified atom stereocenters. The maximum absolute atomic E-state index is 12.0. The number of hydrogen-bond acceptors (Lipinski definition) is 1. The van der Waals surface area contributed by atoms with Crippen molar-refractivity contribution in [2.75, 3.05) is 26.7 Å². The van der Waals surface area contributed by atoms with Gasteiger partial charge in [0, 0.05) is 0 Å². The summed E-state index contributed by atoms with van der Waals surface area (Å²) < 4.78 is 2.33. The first kappa shape index (κ1) is 16.3. The standard InChI is InChI=1S/C12H31NOP2/c1-10(2)15(6,7)13(12(5)14)16(8,9)11(3)4/h10-11,15-16H,1-9H3. The van der Waals surface area contributed by atoms with E-state index in [9.17, 15) is 4.79 Å². The van der Waals surface area contributed by atoms with Gasteiger partial charge in [-0.25, -0.2) is 0 Å². The predicted octanol–water partition coefficient (Wildman–Crippen LogP) is 3.50. The normalized spacial score (nSPS) is 15.4. The van der Waals surface area contributed by atoms with Crippen LogP contribution in [0.4, 0.5) is 0 Å². The zero-order chi connectivity index (χ0) is 13.3. The van der Waals surface area contributed by atoms with E-state index in [1.54, 1.807) is 6.92 Å². The minimum atomic E-state index is -1.63. The summed E-state index contributed by atoms with van der Waals surface area (Å²) >= 11 is 0. The van der Waals surface area contributed by atoms with E-state index >= 15 is 0 Å². The van der Waals surface area contributed by atoms with Crippen molar-refractivity contribution in [1.82, 2.24) is 4.44 Å². The number of amides is 1. The van der Waals surface area contributed by atoms with Gasteiger partial charge in [0.1, 0.15) is 0 Å². The summed E-state index contributed by atoms with van der Waals surface area (Å²) in [6.07, 6.45) is 0. The molecule has 0 saturated heterocycles. The van der Waals surface area contributed by atoms with Gasteiger partial charge in [-0.2, -0.15) is 0 Å². The molecule has 0 spiro atoms. The van der Waals surface area contributed by atoms with Gasteiger partial charge in [0.25, 0.3) is 0 Å².